The van der Waals surface area contributed by atoms with Gasteiger partial charge in [0.2, 0.25) is 5.89 Å². The van der Waals surface area contributed by atoms with Crippen LogP contribution in [0.1, 0.15) is 43.9 Å². The molecular weight excluding hydrogens is 426 g/mol. The van der Waals surface area contributed by atoms with E-state index in [2.05, 4.69) is 43.8 Å². The number of carbonyl (C=O) groups is 1. The van der Waals surface area contributed by atoms with Crippen LogP contribution < -0.4 is 10.6 Å². The molecule has 0 aliphatic heterocycles. The van der Waals surface area contributed by atoms with Gasteiger partial charge in [-0.3, -0.25) is 10.00 Å². The molecule has 0 fully saturated rings. The highest BCUT2D eigenvalue weighted by atomic mass is 32.1. The summed E-state index contributed by atoms with van der Waals surface area (Å²) in [6.45, 7) is 10.5. The topological polar surface area (TPSA) is 111 Å². The molecule has 2 amide bonds. The van der Waals surface area contributed by atoms with Gasteiger partial charge < -0.3 is 9.84 Å². The molecule has 0 spiro atoms. The molecule has 2 N–H and O–H groups in total. The van der Waals surface area contributed by atoms with E-state index in [-0.39, 0.29) is 11.4 Å². The van der Waals surface area contributed by atoms with Crippen molar-refractivity contribution in [2.24, 2.45) is 7.05 Å². The number of hydrogen-bond acceptors (Lipinski definition) is 7. The minimum absolute atomic E-state index is 0.197. The van der Waals surface area contributed by atoms with E-state index in [1.165, 1.54) is 11.3 Å². The Morgan fingerprint density at radius 3 is 2.66 bits per heavy atom. The lowest BCUT2D eigenvalue weighted by atomic mass is 9.97. The molecule has 0 unspecified atom stereocenters. The quantitative estimate of drug-likeness (QED) is 0.464. The number of aryl methyl sites for hydroxylation is 2. The van der Waals surface area contributed by atoms with Crippen molar-refractivity contribution in [2.45, 2.75) is 46.5 Å². The van der Waals surface area contributed by atoms with Crippen molar-refractivity contribution in [3.05, 3.63) is 41.3 Å². The molecule has 0 bridgehead atoms. The zero-order chi connectivity index (χ0) is 23.0. The summed E-state index contributed by atoms with van der Waals surface area (Å²) in [7, 11) is 1.94. The number of rotatable bonds is 5. The van der Waals surface area contributed by atoms with Crippen LogP contribution in [0.3, 0.4) is 0 Å². The largest absolute Gasteiger partial charge is 0.339 e. The Bertz CT molecular complexity index is 1280. The van der Waals surface area contributed by atoms with E-state index in [9.17, 15) is 4.79 Å². The van der Waals surface area contributed by atoms with Crippen LogP contribution in [-0.4, -0.2) is 37.5 Å². The van der Waals surface area contributed by atoms with Crippen molar-refractivity contribution in [2.75, 3.05) is 11.9 Å². The minimum atomic E-state index is -0.317. The summed E-state index contributed by atoms with van der Waals surface area (Å²) in [6, 6.07) is 5.79. The van der Waals surface area contributed by atoms with Crippen molar-refractivity contribution in [3.8, 4) is 11.1 Å². The second kappa shape index (κ2) is 8.34. The third-order valence-corrected chi connectivity index (χ3v) is 6.08. The highest BCUT2D eigenvalue weighted by Crippen LogP contribution is 2.33. The highest BCUT2D eigenvalue weighted by molar-refractivity contribution is 7.22. The molecule has 3 aromatic heterocycles. The van der Waals surface area contributed by atoms with Crippen LogP contribution in [0.25, 0.3) is 21.3 Å². The lowest BCUT2D eigenvalue weighted by molar-refractivity contribution is 0.252. The van der Waals surface area contributed by atoms with Crippen molar-refractivity contribution in [3.63, 3.8) is 0 Å². The minimum Gasteiger partial charge on any atom is -0.339 e. The van der Waals surface area contributed by atoms with Gasteiger partial charge in [-0.05, 0) is 31.5 Å². The van der Waals surface area contributed by atoms with Crippen molar-refractivity contribution < 1.29 is 9.32 Å². The van der Waals surface area contributed by atoms with Crippen LogP contribution in [0.15, 0.2) is 22.7 Å². The molecule has 1 aromatic carbocycles. The summed E-state index contributed by atoms with van der Waals surface area (Å²) in [5.41, 5.74) is 4.97. The summed E-state index contributed by atoms with van der Waals surface area (Å²) in [5.74, 6) is 1.16. The molecule has 9 nitrogen and oxygen atoms in total. The van der Waals surface area contributed by atoms with Gasteiger partial charge >= 0.3 is 6.03 Å². The molecule has 10 heteroatoms. The number of benzene rings is 1. The first kappa shape index (κ1) is 21.9. The van der Waals surface area contributed by atoms with E-state index in [0.717, 1.165) is 32.7 Å². The SMILES string of the molecule is Cc1nn(C)c(C)c1-c1ccc2nc(NC(=O)NCCc3noc(C(C)(C)C)n3)sc2c1. The maximum Gasteiger partial charge on any atom is 0.321 e. The number of fused-ring (bicyclic) bond motifs is 1. The molecule has 0 atom stereocenters. The second-order valence-corrected chi connectivity index (χ2v) is 9.80. The third-order valence-electron chi connectivity index (χ3n) is 5.15. The monoisotopic (exact) mass is 453 g/mol. The number of hydrogen-bond donors (Lipinski definition) is 2. The van der Waals surface area contributed by atoms with Crippen LogP contribution in [0.2, 0.25) is 0 Å². The average Bonchev–Trinajstić information content (AvgIpc) is 3.39. The number of thiazole rings is 1. The Morgan fingerprint density at radius 1 is 1.22 bits per heavy atom. The first-order valence-electron chi connectivity index (χ1n) is 10.4. The molecule has 168 valence electrons. The van der Waals surface area contributed by atoms with Crippen molar-refractivity contribution >= 4 is 32.7 Å². The van der Waals surface area contributed by atoms with Crippen LogP contribution in [0.5, 0.6) is 0 Å². The molecule has 0 aliphatic rings. The van der Waals surface area contributed by atoms with Gasteiger partial charge in [0.15, 0.2) is 11.0 Å². The standard InChI is InChI=1S/C22H27N7O2S/c1-12-18(13(2)29(6)27-12)14-7-8-15-16(11-14)32-21(24-15)26-20(30)23-10-9-17-25-19(31-28-17)22(3,4)5/h7-8,11H,9-10H2,1-6H3,(H2,23,24,26,30). The maximum atomic E-state index is 12.3. The molecule has 3 heterocycles. The maximum absolute atomic E-state index is 12.3. The third kappa shape index (κ3) is 4.50. The lowest BCUT2D eigenvalue weighted by Crippen LogP contribution is -2.30. The predicted molar refractivity (Wildman–Crippen MR) is 125 cm³/mol. The van der Waals surface area contributed by atoms with Gasteiger partial charge in [0.25, 0.3) is 0 Å². The zero-order valence-electron chi connectivity index (χ0n) is 19.1. The number of nitrogens with zero attached hydrogens (tertiary/aromatic N) is 5. The number of anilines is 1. The fraction of sp³-hybridized carbons (Fsp3) is 0.409. The Kier molecular flexibility index (Phi) is 5.72. The fourth-order valence-electron chi connectivity index (χ4n) is 3.41. The van der Waals surface area contributed by atoms with Gasteiger partial charge in [-0.25, -0.2) is 9.78 Å². The number of carbonyl (C=O) groups excluding carboxylic acids is 1. The molecule has 0 saturated carbocycles. The Labute approximate surface area is 190 Å². The zero-order valence-corrected chi connectivity index (χ0v) is 19.9. The van der Waals surface area contributed by atoms with E-state index in [0.29, 0.717) is 29.8 Å². The van der Waals surface area contributed by atoms with E-state index in [4.69, 9.17) is 4.52 Å². The molecule has 4 aromatic rings. The second-order valence-electron chi connectivity index (χ2n) is 8.77. The van der Waals surface area contributed by atoms with E-state index in [1.807, 2.05) is 51.6 Å². The van der Waals surface area contributed by atoms with Crippen molar-refractivity contribution in [1.82, 2.24) is 30.2 Å². The summed E-state index contributed by atoms with van der Waals surface area (Å²) >= 11 is 1.44. The fourth-order valence-corrected chi connectivity index (χ4v) is 4.31. The van der Waals surface area contributed by atoms with Gasteiger partial charge in [0.1, 0.15) is 0 Å². The van der Waals surface area contributed by atoms with E-state index >= 15 is 0 Å². The van der Waals surface area contributed by atoms with Crippen LogP contribution >= 0.6 is 11.3 Å². The smallest absolute Gasteiger partial charge is 0.321 e. The lowest BCUT2D eigenvalue weighted by Gasteiger charge is -2.10. The molecule has 0 aliphatic carbocycles. The van der Waals surface area contributed by atoms with Crippen molar-refractivity contribution in [1.29, 1.82) is 0 Å². The van der Waals surface area contributed by atoms with Gasteiger partial charge in [-0.2, -0.15) is 10.1 Å². The van der Waals surface area contributed by atoms with Crippen LogP contribution in [0.4, 0.5) is 9.93 Å². The summed E-state index contributed by atoms with van der Waals surface area (Å²) in [6.07, 6.45) is 0.486. The first-order valence-corrected chi connectivity index (χ1v) is 11.2. The van der Waals surface area contributed by atoms with Gasteiger partial charge in [0.05, 0.1) is 15.9 Å². The Hall–Kier alpha value is -3.27. The summed E-state index contributed by atoms with van der Waals surface area (Å²) in [4.78, 5) is 21.2. The molecule has 0 radical (unpaired) electrons. The summed E-state index contributed by atoms with van der Waals surface area (Å²) < 4.78 is 8.16. The van der Waals surface area contributed by atoms with Crippen LogP contribution in [-0.2, 0) is 18.9 Å². The molecule has 4 rings (SSSR count). The highest BCUT2D eigenvalue weighted by Gasteiger charge is 2.21. The van der Waals surface area contributed by atoms with Gasteiger partial charge in [-0.1, -0.05) is 43.3 Å². The number of nitrogens with one attached hydrogen (secondary N) is 2. The van der Waals surface area contributed by atoms with Crippen LogP contribution in [0, 0.1) is 13.8 Å². The van der Waals surface area contributed by atoms with E-state index in [1.54, 1.807) is 0 Å². The number of amides is 2. The van der Waals surface area contributed by atoms with Gasteiger partial charge in [-0.15, -0.1) is 0 Å². The Morgan fingerprint density at radius 2 is 2.00 bits per heavy atom. The molecule has 0 saturated heterocycles. The molecular formula is C22H27N7O2S. The van der Waals surface area contributed by atoms with E-state index < -0.39 is 0 Å². The normalized spacial score (nSPS) is 11.8. The Balaban J connectivity index is 1.38. The average molecular weight is 454 g/mol. The number of urea groups is 1. The molecule has 32 heavy (non-hydrogen) atoms. The predicted octanol–water partition coefficient (Wildman–Crippen LogP) is 4.36. The number of aromatic nitrogens is 5. The first-order chi connectivity index (χ1) is 15.1. The van der Waals surface area contributed by atoms with Gasteiger partial charge in [0, 0.05) is 36.7 Å². The summed E-state index contributed by atoms with van der Waals surface area (Å²) in [5, 5.41) is 14.6.